The highest BCUT2D eigenvalue weighted by molar-refractivity contribution is 7.89. The first-order chi connectivity index (χ1) is 13.9. The van der Waals surface area contributed by atoms with E-state index in [1.165, 1.54) is 13.1 Å². The monoisotopic (exact) mass is 453 g/mol. The number of amides is 1. The zero-order valence-electron chi connectivity index (χ0n) is 17.7. The fourth-order valence-electron chi connectivity index (χ4n) is 2.89. The molecule has 0 aliphatic rings. The summed E-state index contributed by atoms with van der Waals surface area (Å²) in [6, 6.07) is 8.07. The van der Waals surface area contributed by atoms with Crippen molar-refractivity contribution in [2.75, 3.05) is 20.1 Å². The first-order valence-electron chi connectivity index (χ1n) is 9.29. The van der Waals surface area contributed by atoms with Gasteiger partial charge < -0.3 is 5.32 Å². The van der Waals surface area contributed by atoms with Crippen LogP contribution in [-0.4, -0.2) is 42.9 Å². The first kappa shape index (κ1) is 24.0. The minimum Gasteiger partial charge on any atom is -0.351 e. The number of hydrogen-bond acceptors (Lipinski definition) is 5. The number of nitrogens with one attached hydrogen (secondary N) is 3. The summed E-state index contributed by atoms with van der Waals surface area (Å²) in [5.74, 6) is -0.489. The lowest BCUT2D eigenvalue weighted by molar-refractivity contribution is 0.0954. The zero-order valence-corrected chi connectivity index (χ0v) is 19.3. The minimum atomic E-state index is -3.71. The number of rotatable bonds is 8. The molecule has 0 spiro atoms. The molecule has 164 valence electrons. The molecule has 0 aliphatic heterocycles. The Morgan fingerprint density at radius 3 is 2.13 bits per heavy atom. The third-order valence-electron chi connectivity index (χ3n) is 4.78. The topological polar surface area (TPSA) is 121 Å². The quantitative estimate of drug-likeness (QED) is 0.524. The second-order valence-corrected chi connectivity index (χ2v) is 10.6. The van der Waals surface area contributed by atoms with Gasteiger partial charge in [-0.05, 0) is 75.2 Å². The molecule has 3 N–H and O–H groups in total. The van der Waals surface area contributed by atoms with Crippen LogP contribution in [-0.2, 0) is 20.0 Å². The molecule has 0 radical (unpaired) electrons. The molecule has 2 rings (SSSR count). The lowest BCUT2D eigenvalue weighted by Gasteiger charge is -2.13. The summed E-state index contributed by atoms with van der Waals surface area (Å²) in [6.07, 6.45) is 0. The molecule has 0 saturated heterocycles. The molecule has 0 unspecified atom stereocenters. The fraction of sp³-hybridized carbons (Fsp3) is 0.350. The average Bonchev–Trinajstić information content (AvgIpc) is 2.68. The highest BCUT2D eigenvalue weighted by atomic mass is 32.2. The van der Waals surface area contributed by atoms with Gasteiger partial charge in [0, 0.05) is 18.7 Å². The summed E-state index contributed by atoms with van der Waals surface area (Å²) in [5, 5.41) is 2.61. The van der Waals surface area contributed by atoms with Gasteiger partial charge in [-0.2, -0.15) is 0 Å². The smallest absolute Gasteiger partial charge is 0.251 e. The minimum absolute atomic E-state index is 0.00598. The molecular weight excluding hydrogens is 426 g/mol. The number of carbonyl (C=O) groups is 1. The van der Waals surface area contributed by atoms with Gasteiger partial charge in [-0.25, -0.2) is 26.3 Å². The maximum Gasteiger partial charge on any atom is 0.251 e. The van der Waals surface area contributed by atoms with Crippen LogP contribution in [0.3, 0.4) is 0 Å². The van der Waals surface area contributed by atoms with Crippen LogP contribution in [0, 0.1) is 27.7 Å². The van der Waals surface area contributed by atoms with E-state index in [9.17, 15) is 21.6 Å². The highest BCUT2D eigenvalue weighted by Crippen LogP contribution is 2.21. The van der Waals surface area contributed by atoms with Gasteiger partial charge in [0.1, 0.15) is 0 Å². The Kier molecular flexibility index (Phi) is 7.40. The summed E-state index contributed by atoms with van der Waals surface area (Å²) in [7, 11) is -6.11. The van der Waals surface area contributed by atoms with Crippen molar-refractivity contribution in [1.82, 2.24) is 14.8 Å². The number of sulfonamides is 2. The van der Waals surface area contributed by atoms with Crippen molar-refractivity contribution < 1.29 is 21.6 Å². The standard InChI is InChI=1S/C20H27N3O5S2/c1-13-6-7-14(2)18(10-13)30(27,28)23-9-8-22-20(24)17-11-15(3)16(4)19(12-17)29(25,26)21-5/h6-7,10-12,21,23H,8-9H2,1-5H3,(H,22,24). The lowest BCUT2D eigenvalue weighted by Crippen LogP contribution is -2.35. The second kappa shape index (κ2) is 9.25. The van der Waals surface area contributed by atoms with Crippen molar-refractivity contribution in [1.29, 1.82) is 0 Å². The Morgan fingerprint density at radius 2 is 1.50 bits per heavy atom. The summed E-state index contributed by atoms with van der Waals surface area (Å²) < 4.78 is 54.1. The molecule has 0 atom stereocenters. The number of aryl methyl sites for hydroxylation is 3. The predicted molar refractivity (Wildman–Crippen MR) is 116 cm³/mol. The van der Waals surface area contributed by atoms with Crippen LogP contribution in [0.5, 0.6) is 0 Å². The van der Waals surface area contributed by atoms with E-state index in [2.05, 4.69) is 14.8 Å². The van der Waals surface area contributed by atoms with Crippen LogP contribution in [0.25, 0.3) is 0 Å². The molecule has 0 aliphatic carbocycles. The SMILES string of the molecule is CNS(=O)(=O)c1cc(C(=O)NCCNS(=O)(=O)c2cc(C)ccc2C)cc(C)c1C. The third-order valence-corrected chi connectivity index (χ3v) is 7.92. The van der Waals surface area contributed by atoms with Crippen molar-refractivity contribution >= 4 is 26.0 Å². The summed E-state index contributed by atoms with van der Waals surface area (Å²) in [4.78, 5) is 12.7. The molecule has 0 aromatic heterocycles. The third kappa shape index (κ3) is 5.45. The Bertz CT molecular complexity index is 1170. The maximum atomic E-state index is 12.5. The van der Waals surface area contributed by atoms with Gasteiger partial charge in [0.25, 0.3) is 5.91 Å². The lowest BCUT2D eigenvalue weighted by atomic mass is 10.1. The summed E-state index contributed by atoms with van der Waals surface area (Å²) in [6.45, 7) is 6.96. The number of benzene rings is 2. The van der Waals surface area contributed by atoms with Crippen molar-refractivity contribution in [3.05, 3.63) is 58.1 Å². The van der Waals surface area contributed by atoms with E-state index in [4.69, 9.17) is 0 Å². The molecule has 30 heavy (non-hydrogen) atoms. The molecule has 0 heterocycles. The Hall–Kier alpha value is -2.27. The zero-order chi connectivity index (χ0) is 22.7. The van der Waals surface area contributed by atoms with Crippen LogP contribution < -0.4 is 14.8 Å². The van der Waals surface area contributed by atoms with Gasteiger partial charge in [0.05, 0.1) is 9.79 Å². The molecule has 0 fully saturated rings. The van der Waals surface area contributed by atoms with Crippen molar-refractivity contribution in [2.45, 2.75) is 37.5 Å². The molecule has 2 aromatic rings. The van der Waals surface area contributed by atoms with Crippen LogP contribution in [0.1, 0.15) is 32.6 Å². The largest absolute Gasteiger partial charge is 0.351 e. The summed E-state index contributed by atoms with van der Waals surface area (Å²) >= 11 is 0. The fourth-order valence-corrected chi connectivity index (χ4v) is 5.31. The van der Waals surface area contributed by atoms with Crippen molar-refractivity contribution in [3.8, 4) is 0 Å². The maximum absolute atomic E-state index is 12.5. The van der Waals surface area contributed by atoms with E-state index < -0.39 is 26.0 Å². The van der Waals surface area contributed by atoms with Gasteiger partial charge in [-0.3, -0.25) is 4.79 Å². The van der Waals surface area contributed by atoms with Gasteiger partial charge in [-0.1, -0.05) is 12.1 Å². The van der Waals surface area contributed by atoms with E-state index in [-0.39, 0.29) is 28.4 Å². The number of hydrogen-bond donors (Lipinski definition) is 3. The van der Waals surface area contributed by atoms with Crippen LogP contribution >= 0.6 is 0 Å². The first-order valence-corrected chi connectivity index (χ1v) is 12.3. The van der Waals surface area contributed by atoms with E-state index >= 15 is 0 Å². The van der Waals surface area contributed by atoms with Gasteiger partial charge in [-0.15, -0.1) is 0 Å². The normalized spacial score (nSPS) is 12.0. The molecule has 0 saturated carbocycles. The van der Waals surface area contributed by atoms with E-state index in [0.717, 1.165) is 5.56 Å². The van der Waals surface area contributed by atoms with Crippen LogP contribution in [0.4, 0.5) is 0 Å². The molecular formula is C20H27N3O5S2. The van der Waals surface area contributed by atoms with E-state index in [0.29, 0.717) is 16.7 Å². The van der Waals surface area contributed by atoms with Gasteiger partial charge in [0.15, 0.2) is 0 Å². The predicted octanol–water partition coefficient (Wildman–Crippen LogP) is 1.54. The van der Waals surface area contributed by atoms with Crippen LogP contribution in [0.2, 0.25) is 0 Å². The second-order valence-electron chi connectivity index (χ2n) is 7.05. The van der Waals surface area contributed by atoms with Crippen LogP contribution in [0.15, 0.2) is 40.1 Å². The molecule has 1 amide bonds. The van der Waals surface area contributed by atoms with Crippen molar-refractivity contribution in [3.63, 3.8) is 0 Å². The Labute approximate surface area is 178 Å². The average molecular weight is 454 g/mol. The van der Waals surface area contributed by atoms with Gasteiger partial charge >= 0.3 is 0 Å². The Morgan fingerprint density at radius 1 is 0.833 bits per heavy atom. The van der Waals surface area contributed by atoms with Crippen molar-refractivity contribution in [2.24, 2.45) is 0 Å². The Balaban J connectivity index is 2.07. The molecule has 10 heteroatoms. The highest BCUT2D eigenvalue weighted by Gasteiger charge is 2.20. The molecule has 8 nitrogen and oxygen atoms in total. The summed E-state index contributed by atoms with van der Waals surface area (Å²) in [5.41, 5.74) is 2.86. The van der Waals surface area contributed by atoms with Gasteiger partial charge in [0.2, 0.25) is 20.0 Å². The molecule has 2 aromatic carbocycles. The van der Waals surface area contributed by atoms with E-state index in [1.807, 2.05) is 13.0 Å². The van der Waals surface area contributed by atoms with E-state index in [1.54, 1.807) is 39.0 Å². The molecule has 0 bridgehead atoms. The number of carbonyl (C=O) groups excluding carboxylic acids is 1.